The van der Waals surface area contributed by atoms with E-state index < -0.39 is 7.82 Å². The fourth-order valence-corrected chi connectivity index (χ4v) is 5.02. The molecule has 4 nitrogen and oxygen atoms in total. The summed E-state index contributed by atoms with van der Waals surface area (Å²) in [6, 6.07) is 28.6. The fourth-order valence-electron chi connectivity index (χ4n) is 3.78. The van der Waals surface area contributed by atoms with E-state index in [1.54, 1.807) is 18.2 Å². The zero-order valence-electron chi connectivity index (χ0n) is 20.9. The maximum Gasteiger partial charge on any atom is 0.647 e. The number of benzene rings is 4. The first-order valence-electron chi connectivity index (χ1n) is 12.1. The molecule has 4 aromatic rings. The molecule has 0 heterocycles. The van der Waals surface area contributed by atoms with E-state index in [4.69, 9.17) is 13.6 Å². The monoisotopic (exact) mass is 488 g/mol. The number of phosphoric acid groups is 1. The van der Waals surface area contributed by atoms with Gasteiger partial charge in [0.25, 0.3) is 0 Å². The summed E-state index contributed by atoms with van der Waals surface area (Å²) in [6.45, 7) is 8.60. The van der Waals surface area contributed by atoms with Crippen molar-refractivity contribution in [2.45, 2.75) is 52.4 Å². The third kappa shape index (κ3) is 6.68. The van der Waals surface area contributed by atoms with E-state index in [0.717, 1.165) is 35.6 Å². The second-order valence-corrected chi connectivity index (χ2v) is 11.2. The van der Waals surface area contributed by atoms with E-state index in [-0.39, 0.29) is 5.41 Å². The summed E-state index contributed by atoms with van der Waals surface area (Å²) in [5, 5.41) is 2.04. The molecule has 182 valence electrons. The van der Waals surface area contributed by atoms with Crippen molar-refractivity contribution in [1.82, 2.24) is 0 Å². The first-order chi connectivity index (χ1) is 16.7. The van der Waals surface area contributed by atoms with Gasteiger partial charge >= 0.3 is 7.82 Å². The van der Waals surface area contributed by atoms with Gasteiger partial charge < -0.3 is 13.6 Å². The first kappa shape index (κ1) is 24.9. The van der Waals surface area contributed by atoms with Gasteiger partial charge in [0, 0.05) is 0 Å². The number of aryl methyl sites for hydroxylation is 1. The fraction of sp³-hybridized carbons (Fsp3) is 0.267. The minimum Gasteiger partial charge on any atom is -0.386 e. The van der Waals surface area contributed by atoms with Crippen LogP contribution in [0.2, 0.25) is 0 Å². The molecule has 0 aliphatic rings. The second kappa shape index (κ2) is 10.6. The highest BCUT2D eigenvalue weighted by Gasteiger charge is 2.33. The maximum absolute atomic E-state index is 13.9. The minimum absolute atomic E-state index is 0.000156. The molecule has 0 N–H and O–H groups in total. The Balaban J connectivity index is 1.61. The van der Waals surface area contributed by atoms with E-state index in [1.165, 1.54) is 5.56 Å². The van der Waals surface area contributed by atoms with Gasteiger partial charge in [0.2, 0.25) is 0 Å². The highest BCUT2D eigenvalue weighted by Crippen LogP contribution is 2.50. The number of hydrogen-bond donors (Lipinski definition) is 0. The molecule has 35 heavy (non-hydrogen) atoms. The molecule has 0 aliphatic heterocycles. The molecule has 0 amide bonds. The summed E-state index contributed by atoms with van der Waals surface area (Å²) in [4.78, 5) is 0. The van der Waals surface area contributed by atoms with Crippen LogP contribution in [-0.4, -0.2) is 0 Å². The van der Waals surface area contributed by atoms with Crippen molar-refractivity contribution in [3.63, 3.8) is 0 Å². The highest BCUT2D eigenvalue weighted by atomic mass is 31.2. The van der Waals surface area contributed by atoms with Crippen LogP contribution in [0.25, 0.3) is 10.8 Å². The Morgan fingerprint density at radius 1 is 0.686 bits per heavy atom. The lowest BCUT2D eigenvalue weighted by Gasteiger charge is -2.21. The van der Waals surface area contributed by atoms with Crippen LogP contribution >= 0.6 is 7.82 Å². The maximum atomic E-state index is 13.9. The molecule has 0 aromatic heterocycles. The quantitative estimate of drug-likeness (QED) is 0.220. The lowest BCUT2D eigenvalue weighted by molar-refractivity contribution is 0.298. The molecule has 0 aliphatic carbocycles. The van der Waals surface area contributed by atoms with Gasteiger partial charge in [-0.1, -0.05) is 88.7 Å². The van der Waals surface area contributed by atoms with Crippen LogP contribution in [0.5, 0.6) is 17.2 Å². The molecule has 4 rings (SSSR count). The van der Waals surface area contributed by atoms with Gasteiger partial charge in [-0.05, 0) is 76.6 Å². The van der Waals surface area contributed by atoms with Crippen molar-refractivity contribution < 1.29 is 18.1 Å². The zero-order chi connectivity index (χ0) is 24.9. The molecular weight excluding hydrogens is 455 g/mol. The second-order valence-electron chi connectivity index (χ2n) is 9.75. The zero-order valence-corrected chi connectivity index (χ0v) is 21.8. The molecule has 1 atom stereocenters. The lowest BCUT2D eigenvalue weighted by Crippen LogP contribution is -2.11. The summed E-state index contributed by atoms with van der Waals surface area (Å²) in [6.07, 6.45) is 3.25. The first-order valence-corrected chi connectivity index (χ1v) is 13.6. The smallest absolute Gasteiger partial charge is 0.386 e. The van der Waals surface area contributed by atoms with Gasteiger partial charge in [0.15, 0.2) is 0 Å². The molecule has 0 spiro atoms. The van der Waals surface area contributed by atoms with Crippen LogP contribution in [0.15, 0.2) is 91.0 Å². The summed E-state index contributed by atoms with van der Waals surface area (Å²) in [7, 11) is -4.06. The number of fused-ring (bicyclic) bond motifs is 1. The average Bonchev–Trinajstić information content (AvgIpc) is 2.83. The third-order valence-corrected chi connectivity index (χ3v) is 7.14. The van der Waals surface area contributed by atoms with Crippen LogP contribution in [0.4, 0.5) is 0 Å². The Labute approximate surface area is 208 Å². The van der Waals surface area contributed by atoms with Crippen molar-refractivity contribution in [2.75, 3.05) is 0 Å². The van der Waals surface area contributed by atoms with Gasteiger partial charge in [-0.3, -0.25) is 0 Å². The van der Waals surface area contributed by atoms with E-state index in [9.17, 15) is 4.57 Å². The topological polar surface area (TPSA) is 44.8 Å². The number of hydrogen-bond acceptors (Lipinski definition) is 4. The van der Waals surface area contributed by atoms with Gasteiger partial charge in [0.1, 0.15) is 17.2 Å². The SMILES string of the molecule is CCCCc1ccc(OP(=O)(Oc2ccc(C(C)(C)C)cc2)Oc2ccc3ccccc3c2)cc1. The van der Waals surface area contributed by atoms with Crippen LogP contribution in [0, 0.1) is 0 Å². The number of rotatable bonds is 9. The van der Waals surface area contributed by atoms with Gasteiger partial charge in [-0.2, -0.15) is 4.57 Å². The third-order valence-electron chi connectivity index (χ3n) is 5.84. The predicted octanol–water partition coefficient (Wildman–Crippen LogP) is 9.12. The van der Waals surface area contributed by atoms with Crippen molar-refractivity contribution in [3.05, 3.63) is 102 Å². The number of phosphoric ester groups is 1. The summed E-state index contributed by atoms with van der Waals surface area (Å²) < 4.78 is 31.6. The molecule has 5 heteroatoms. The summed E-state index contributed by atoms with van der Waals surface area (Å²) in [5.41, 5.74) is 2.36. The Bertz CT molecular complexity index is 1310. The van der Waals surface area contributed by atoms with Crippen LogP contribution in [-0.2, 0) is 16.4 Å². The minimum atomic E-state index is -4.06. The Morgan fingerprint density at radius 3 is 1.83 bits per heavy atom. The molecule has 0 fully saturated rings. The molecule has 4 aromatic carbocycles. The summed E-state index contributed by atoms with van der Waals surface area (Å²) in [5.74, 6) is 1.26. The van der Waals surface area contributed by atoms with Gasteiger partial charge in [-0.15, -0.1) is 0 Å². The molecule has 0 bridgehead atoms. The standard InChI is InChI=1S/C30H33O4P/c1-5-6-9-23-12-17-27(18-13-23)32-35(31,33-28-20-15-26(16-21-28)30(2,3)4)34-29-19-14-24-10-7-8-11-25(24)22-29/h7-8,10-22H,5-6,9H2,1-4H3. The Hall–Kier alpha value is -3.23. The normalized spacial score (nSPS) is 13.3. The Kier molecular flexibility index (Phi) is 7.52. The largest absolute Gasteiger partial charge is 0.647 e. The molecule has 0 saturated carbocycles. The van der Waals surface area contributed by atoms with Gasteiger partial charge in [0.05, 0.1) is 0 Å². The Morgan fingerprint density at radius 2 is 1.23 bits per heavy atom. The lowest BCUT2D eigenvalue weighted by atomic mass is 9.87. The molecule has 0 saturated heterocycles. The highest BCUT2D eigenvalue weighted by molar-refractivity contribution is 7.49. The van der Waals surface area contributed by atoms with Crippen LogP contribution in [0.1, 0.15) is 51.7 Å². The van der Waals surface area contributed by atoms with Crippen molar-refractivity contribution in [3.8, 4) is 17.2 Å². The molecular formula is C30H33O4P. The van der Waals surface area contributed by atoms with Crippen molar-refractivity contribution >= 4 is 18.6 Å². The van der Waals surface area contributed by atoms with E-state index >= 15 is 0 Å². The average molecular weight is 489 g/mol. The molecule has 0 radical (unpaired) electrons. The van der Waals surface area contributed by atoms with Crippen LogP contribution in [0.3, 0.4) is 0 Å². The van der Waals surface area contributed by atoms with Gasteiger partial charge in [-0.25, -0.2) is 0 Å². The predicted molar refractivity (Wildman–Crippen MR) is 144 cm³/mol. The van der Waals surface area contributed by atoms with E-state index in [0.29, 0.717) is 17.2 Å². The number of unbranched alkanes of at least 4 members (excludes halogenated alkanes) is 1. The van der Waals surface area contributed by atoms with E-state index in [1.807, 2.05) is 72.8 Å². The van der Waals surface area contributed by atoms with Crippen LogP contribution < -0.4 is 13.6 Å². The summed E-state index contributed by atoms with van der Waals surface area (Å²) >= 11 is 0. The van der Waals surface area contributed by atoms with Crippen molar-refractivity contribution in [2.24, 2.45) is 0 Å². The molecule has 1 unspecified atom stereocenters. The van der Waals surface area contributed by atoms with Crippen molar-refractivity contribution in [1.29, 1.82) is 0 Å². The van der Waals surface area contributed by atoms with E-state index in [2.05, 4.69) is 27.7 Å².